The van der Waals surface area contributed by atoms with Gasteiger partial charge in [0.1, 0.15) is 0 Å². The molecule has 84 valence electrons. The van der Waals surface area contributed by atoms with E-state index in [4.69, 9.17) is 0 Å². The number of aryl methyl sites for hydroxylation is 2. The summed E-state index contributed by atoms with van der Waals surface area (Å²) in [6, 6.07) is 8.86. The Morgan fingerprint density at radius 1 is 1.07 bits per heavy atom. The minimum atomic E-state index is 0.888. The molecule has 0 bridgehead atoms. The monoisotopic (exact) mass is 204 g/mol. The number of hydrogen-bond acceptors (Lipinski definition) is 0. The lowest BCUT2D eigenvalue weighted by Gasteiger charge is -2.10. The highest BCUT2D eigenvalue weighted by molar-refractivity contribution is 5.26. The molecular formula is C15H24. The number of hydrogen-bond donors (Lipinski definition) is 0. The molecule has 0 fully saturated rings. The molecule has 0 saturated carbocycles. The van der Waals surface area contributed by atoms with Crippen LogP contribution in [-0.2, 0) is 12.8 Å². The largest absolute Gasteiger partial charge is 0.0651 e. The lowest BCUT2D eigenvalue weighted by molar-refractivity contribution is 0.495. The van der Waals surface area contributed by atoms with Crippen molar-refractivity contribution in [2.24, 2.45) is 5.92 Å². The molecule has 1 aromatic carbocycles. The molecular weight excluding hydrogens is 180 g/mol. The molecule has 0 N–H and O–H groups in total. The average molecular weight is 204 g/mol. The molecule has 0 aliphatic rings. The topological polar surface area (TPSA) is 0 Å². The molecule has 1 unspecified atom stereocenters. The van der Waals surface area contributed by atoms with Crippen molar-refractivity contribution >= 4 is 0 Å². The average Bonchev–Trinajstić information content (AvgIpc) is 2.29. The Morgan fingerprint density at radius 2 is 1.73 bits per heavy atom. The molecule has 1 rings (SSSR count). The first-order chi connectivity index (χ1) is 7.27. The quantitative estimate of drug-likeness (QED) is 0.634. The maximum atomic E-state index is 2.35. The molecule has 0 saturated heterocycles. The summed E-state index contributed by atoms with van der Waals surface area (Å²) in [7, 11) is 0. The summed E-state index contributed by atoms with van der Waals surface area (Å²) in [5.41, 5.74) is 3.09. The lowest BCUT2D eigenvalue weighted by Crippen LogP contribution is -1.96. The van der Waals surface area contributed by atoms with Gasteiger partial charge in [0, 0.05) is 0 Å². The van der Waals surface area contributed by atoms with E-state index in [0.717, 1.165) is 5.92 Å². The Kier molecular flexibility index (Phi) is 5.45. The van der Waals surface area contributed by atoms with Crippen LogP contribution in [0.25, 0.3) is 0 Å². The lowest BCUT2D eigenvalue weighted by atomic mass is 9.96. The van der Waals surface area contributed by atoms with Gasteiger partial charge in [0.15, 0.2) is 0 Å². The Balaban J connectivity index is 2.43. The summed E-state index contributed by atoms with van der Waals surface area (Å²) in [5.74, 6) is 0.888. The first-order valence-corrected chi connectivity index (χ1v) is 6.34. The van der Waals surface area contributed by atoms with E-state index in [1.165, 1.54) is 37.7 Å². The predicted octanol–water partition coefficient (Wildman–Crippen LogP) is 4.62. The summed E-state index contributed by atoms with van der Waals surface area (Å²) in [4.78, 5) is 0. The van der Waals surface area contributed by atoms with Crippen molar-refractivity contribution in [2.75, 3.05) is 0 Å². The van der Waals surface area contributed by atoms with E-state index in [9.17, 15) is 0 Å². The van der Waals surface area contributed by atoms with Crippen LogP contribution in [0.1, 0.15) is 51.2 Å². The fourth-order valence-corrected chi connectivity index (χ4v) is 1.99. The first kappa shape index (κ1) is 12.3. The molecule has 0 heteroatoms. The third-order valence-electron chi connectivity index (χ3n) is 3.34. The third-order valence-corrected chi connectivity index (χ3v) is 3.34. The van der Waals surface area contributed by atoms with Crippen LogP contribution >= 0.6 is 0 Å². The Bertz CT molecular complexity index is 275. The summed E-state index contributed by atoms with van der Waals surface area (Å²) >= 11 is 0. The SMILES string of the molecule is CCc1ccccc1CCCC(C)CC. The van der Waals surface area contributed by atoms with E-state index in [1.807, 2.05) is 0 Å². The zero-order chi connectivity index (χ0) is 11.1. The van der Waals surface area contributed by atoms with E-state index in [0.29, 0.717) is 0 Å². The predicted molar refractivity (Wildman–Crippen MR) is 68.2 cm³/mol. The Labute approximate surface area is 94.7 Å². The van der Waals surface area contributed by atoms with Gasteiger partial charge in [-0.1, -0.05) is 57.9 Å². The molecule has 0 amide bonds. The first-order valence-electron chi connectivity index (χ1n) is 6.34. The summed E-state index contributed by atoms with van der Waals surface area (Å²) in [5, 5.41) is 0. The van der Waals surface area contributed by atoms with E-state index in [2.05, 4.69) is 45.0 Å². The Hall–Kier alpha value is -0.780. The highest BCUT2D eigenvalue weighted by atomic mass is 14.1. The number of rotatable bonds is 6. The fraction of sp³-hybridized carbons (Fsp3) is 0.600. The van der Waals surface area contributed by atoms with Crippen LogP contribution in [0.5, 0.6) is 0 Å². The van der Waals surface area contributed by atoms with Gasteiger partial charge in [-0.3, -0.25) is 0 Å². The van der Waals surface area contributed by atoms with Gasteiger partial charge in [-0.05, 0) is 36.3 Å². The van der Waals surface area contributed by atoms with Crippen LogP contribution in [0, 0.1) is 5.92 Å². The van der Waals surface area contributed by atoms with Crippen LogP contribution in [-0.4, -0.2) is 0 Å². The van der Waals surface area contributed by atoms with E-state index in [-0.39, 0.29) is 0 Å². The van der Waals surface area contributed by atoms with Gasteiger partial charge < -0.3 is 0 Å². The molecule has 15 heavy (non-hydrogen) atoms. The summed E-state index contributed by atoms with van der Waals surface area (Å²) < 4.78 is 0. The van der Waals surface area contributed by atoms with Crippen LogP contribution in [0.4, 0.5) is 0 Å². The van der Waals surface area contributed by atoms with Gasteiger partial charge in [-0.2, -0.15) is 0 Å². The molecule has 0 aliphatic carbocycles. The molecule has 0 nitrogen and oxygen atoms in total. The van der Waals surface area contributed by atoms with Gasteiger partial charge in [0.2, 0.25) is 0 Å². The van der Waals surface area contributed by atoms with E-state index < -0.39 is 0 Å². The van der Waals surface area contributed by atoms with Gasteiger partial charge in [-0.25, -0.2) is 0 Å². The second-order valence-corrected chi connectivity index (χ2v) is 4.53. The van der Waals surface area contributed by atoms with Crippen molar-refractivity contribution in [1.29, 1.82) is 0 Å². The third kappa shape index (κ3) is 4.07. The second kappa shape index (κ2) is 6.66. The fourth-order valence-electron chi connectivity index (χ4n) is 1.99. The highest BCUT2D eigenvalue weighted by Crippen LogP contribution is 2.16. The molecule has 0 aliphatic heterocycles. The summed E-state index contributed by atoms with van der Waals surface area (Å²) in [6.45, 7) is 6.88. The molecule has 0 radical (unpaired) electrons. The molecule has 0 aromatic heterocycles. The van der Waals surface area contributed by atoms with Crippen LogP contribution < -0.4 is 0 Å². The van der Waals surface area contributed by atoms with Crippen molar-refractivity contribution in [3.8, 4) is 0 Å². The zero-order valence-electron chi connectivity index (χ0n) is 10.4. The zero-order valence-corrected chi connectivity index (χ0v) is 10.4. The van der Waals surface area contributed by atoms with E-state index in [1.54, 1.807) is 5.56 Å². The van der Waals surface area contributed by atoms with Crippen LogP contribution in [0.3, 0.4) is 0 Å². The van der Waals surface area contributed by atoms with Crippen LogP contribution in [0.2, 0.25) is 0 Å². The van der Waals surface area contributed by atoms with Gasteiger partial charge in [0.05, 0.1) is 0 Å². The summed E-state index contributed by atoms with van der Waals surface area (Å²) in [6.07, 6.45) is 6.45. The van der Waals surface area contributed by atoms with Crippen molar-refractivity contribution in [3.05, 3.63) is 35.4 Å². The van der Waals surface area contributed by atoms with Gasteiger partial charge >= 0.3 is 0 Å². The highest BCUT2D eigenvalue weighted by Gasteiger charge is 2.02. The Morgan fingerprint density at radius 3 is 2.33 bits per heavy atom. The molecule has 0 spiro atoms. The second-order valence-electron chi connectivity index (χ2n) is 4.53. The van der Waals surface area contributed by atoms with Crippen molar-refractivity contribution in [2.45, 2.75) is 52.9 Å². The molecule has 0 heterocycles. The van der Waals surface area contributed by atoms with E-state index >= 15 is 0 Å². The maximum Gasteiger partial charge on any atom is -0.0276 e. The maximum absolute atomic E-state index is 2.35. The smallest absolute Gasteiger partial charge is 0.0276 e. The minimum Gasteiger partial charge on any atom is -0.0651 e. The van der Waals surface area contributed by atoms with Crippen molar-refractivity contribution in [3.63, 3.8) is 0 Å². The standard InChI is InChI=1S/C15H24/c1-4-13(3)9-8-12-15-11-7-6-10-14(15)5-2/h6-7,10-11,13H,4-5,8-9,12H2,1-3H3. The van der Waals surface area contributed by atoms with Crippen molar-refractivity contribution in [1.82, 2.24) is 0 Å². The number of benzene rings is 1. The molecule has 1 atom stereocenters. The molecule has 1 aromatic rings. The normalized spacial score (nSPS) is 12.7. The van der Waals surface area contributed by atoms with Crippen molar-refractivity contribution < 1.29 is 0 Å². The van der Waals surface area contributed by atoms with Gasteiger partial charge in [-0.15, -0.1) is 0 Å². The van der Waals surface area contributed by atoms with Gasteiger partial charge in [0.25, 0.3) is 0 Å². The minimum absolute atomic E-state index is 0.888. The van der Waals surface area contributed by atoms with Crippen LogP contribution in [0.15, 0.2) is 24.3 Å².